The number of carbonyl (C=O) groups is 1. The summed E-state index contributed by atoms with van der Waals surface area (Å²) in [5, 5.41) is 0. The summed E-state index contributed by atoms with van der Waals surface area (Å²) in [6.45, 7) is 3.11. The Morgan fingerprint density at radius 2 is 2.36 bits per heavy atom. The molecule has 60 valence electrons. The highest BCUT2D eigenvalue weighted by Crippen LogP contribution is 2.35. The van der Waals surface area contributed by atoms with Crippen LogP contribution in [0.15, 0.2) is 12.2 Å². The van der Waals surface area contributed by atoms with Crippen LogP contribution in [0.1, 0.15) is 19.8 Å². The summed E-state index contributed by atoms with van der Waals surface area (Å²) in [5.74, 6) is 0.609. The minimum atomic E-state index is 0.270. The van der Waals surface area contributed by atoms with Gasteiger partial charge in [0, 0.05) is 6.54 Å². The van der Waals surface area contributed by atoms with Gasteiger partial charge < -0.3 is 4.90 Å². The maximum absolute atomic E-state index is 11.2. The zero-order valence-corrected chi connectivity index (χ0v) is 6.79. The van der Waals surface area contributed by atoms with Gasteiger partial charge >= 0.3 is 0 Å². The lowest BCUT2D eigenvalue weighted by Gasteiger charge is -2.49. The van der Waals surface area contributed by atoms with Gasteiger partial charge in [0.2, 0.25) is 5.91 Å². The van der Waals surface area contributed by atoms with E-state index in [9.17, 15) is 4.79 Å². The average Bonchev–Trinajstić information content (AvgIpc) is 1.95. The molecule has 2 heteroatoms. The predicted molar refractivity (Wildman–Crippen MR) is 43.0 cm³/mol. The maximum Gasteiger partial charge on any atom is 0.232 e. The van der Waals surface area contributed by atoms with E-state index in [0.717, 1.165) is 13.0 Å². The summed E-state index contributed by atoms with van der Waals surface area (Å²) in [6.07, 6.45) is 6.45. The fourth-order valence-electron chi connectivity index (χ4n) is 1.69. The van der Waals surface area contributed by atoms with Crippen LogP contribution in [0.5, 0.6) is 0 Å². The molecule has 11 heavy (non-hydrogen) atoms. The van der Waals surface area contributed by atoms with Crippen LogP contribution in [-0.4, -0.2) is 23.4 Å². The first-order chi connectivity index (χ1) is 5.34. The maximum atomic E-state index is 11.2. The molecule has 1 aliphatic heterocycles. The molecule has 0 spiro atoms. The van der Waals surface area contributed by atoms with E-state index in [2.05, 4.69) is 13.0 Å². The highest BCUT2D eigenvalue weighted by molar-refractivity contribution is 5.90. The number of likely N-dealkylation sites (tertiary alicyclic amines) is 1. The number of fused-ring (bicyclic) bond motifs is 1. The monoisotopic (exact) mass is 151 g/mol. The summed E-state index contributed by atoms with van der Waals surface area (Å²) in [5.41, 5.74) is 0. The molecule has 0 unspecified atom stereocenters. The van der Waals surface area contributed by atoms with Crippen LogP contribution in [0.2, 0.25) is 0 Å². The molecular formula is C9H13NO. The van der Waals surface area contributed by atoms with Crippen LogP contribution >= 0.6 is 0 Å². The van der Waals surface area contributed by atoms with Gasteiger partial charge in [0.25, 0.3) is 0 Å². The first-order valence-electron chi connectivity index (χ1n) is 4.33. The van der Waals surface area contributed by atoms with Gasteiger partial charge in [0.15, 0.2) is 0 Å². The van der Waals surface area contributed by atoms with Crippen molar-refractivity contribution in [1.29, 1.82) is 0 Å². The average molecular weight is 151 g/mol. The van der Waals surface area contributed by atoms with Crippen LogP contribution in [0.3, 0.4) is 0 Å². The molecule has 1 heterocycles. The Bertz CT molecular complexity index is 210. The SMILES string of the molecule is CCCCN1C(=O)[C@@H]2C=C[C@H]21. The predicted octanol–water partition coefficient (Wildman–Crippen LogP) is 1.18. The minimum absolute atomic E-state index is 0.270. The number of carbonyl (C=O) groups excluding carboxylic acids is 1. The van der Waals surface area contributed by atoms with E-state index < -0.39 is 0 Å². The van der Waals surface area contributed by atoms with Crippen LogP contribution in [0.4, 0.5) is 0 Å². The van der Waals surface area contributed by atoms with E-state index in [1.165, 1.54) is 6.42 Å². The lowest BCUT2D eigenvalue weighted by Crippen LogP contribution is -2.63. The first-order valence-corrected chi connectivity index (χ1v) is 4.33. The Hall–Kier alpha value is -0.790. The normalized spacial score (nSPS) is 32.8. The van der Waals surface area contributed by atoms with Crippen molar-refractivity contribution >= 4 is 5.91 Å². The van der Waals surface area contributed by atoms with Gasteiger partial charge in [-0.1, -0.05) is 25.5 Å². The number of amides is 1. The van der Waals surface area contributed by atoms with E-state index in [-0.39, 0.29) is 5.92 Å². The van der Waals surface area contributed by atoms with E-state index in [0.29, 0.717) is 11.9 Å². The Morgan fingerprint density at radius 1 is 1.55 bits per heavy atom. The van der Waals surface area contributed by atoms with Crippen molar-refractivity contribution in [3.8, 4) is 0 Å². The van der Waals surface area contributed by atoms with Gasteiger partial charge in [-0.3, -0.25) is 4.79 Å². The summed E-state index contributed by atoms with van der Waals surface area (Å²) in [4.78, 5) is 13.2. The Balaban J connectivity index is 1.87. The van der Waals surface area contributed by atoms with Crippen LogP contribution < -0.4 is 0 Å². The summed E-state index contributed by atoms with van der Waals surface area (Å²) >= 11 is 0. The molecule has 2 atom stereocenters. The summed E-state index contributed by atoms with van der Waals surface area (Å²) < 4.78 is 0. The van der Waals surface area contributed by atoms with Gasteiger partial charge in [0.05, 0.1) is 12.0 Å². The quantitative estimate of drug-likeness (QED) is 0.438. The fraction of sp³-hybridized carbons (Fsp3) is 0.667. The van der Waals surface area contributed by atoms with Crippen molar-refractivity contribution in [3.05, 3.63) is 12.2 Å². The minimum Gasteiger partial charge on any atom is -0.335 e. The Kier molecular flexibility index (Phi) is 1.48. The molecule has 1 amide bonds. The lowest BCUT2D eigenvalue weighted by atomic mass is 9.78. The molecule has 0 saturated carbocycles. The first kappa shape index (κ1) is 6.89. The number of β-lactam (4-membered cyclic amide) rings is 1. The summed E-state index contributed by atoms with van der Waals surface area (Å²) in [6, 6.07) is 0.481. The molecule has 0 bridgehead atoms. The van der Waals surface area contributed by atoms with Gasteiger partial charge in [-0.05, 0) is 6.42 Å². The van der Waals surface area contributed by atoms with E-state index >= 15 is 0 Å². The Morgan fingerprint density at radius 3 is 2.82 bits per heavy atom. The van der Waals surface area contributed by atoms with Gasteiger partial charge in [-0.15, -0.1) is 0 Å². The highest BCUT2D eigenvalue weighted by Gasteiger charge is 2.48. The second kappa shape index (κ2) is 2.36. The molecule has 2 aliphatic rings. The highest BCUT2D eigenvalue weighted by atomic mass is 16.2. The molecule has 0 aromatic rings. The van der Waals surface area contributed by atoms with Crippen LogP contribution in [-0.2, 0) is 4.79 Å². The van der Waals surface area contributed by atoms with Crippen molar-refractivity contribution in [3.63, 3.8) is 0 Å². The standard InChI is InChI=1S/C9H13NO/c1-2-3-6-10-8-5-4-7(8)9(10)11/h4-5,7-8H,2-3,6H2,1H3/t7-,8-/m1/s1. The van der Waals surface area contributed by atoms with Crippen LogP contribution in [0.25, 0.3) is 0 Å². The van der Waals surface area contributed by atoms with Crippen molar-refractivity contribution < 1.29 is 4.79 Å². The Labute approximate surface area is 66.9 Å². The van der Waals surface area contributed by atoms with E-state index in [1.54, 1.807) is 0 Å². The van der Waals surface area contributed by atoms with E-state index in [4.69, 9.17) is 0 Å². The third kappa shape index (κ3) is 0.817. The zero-order chi connectivity index (χ0) is 7.84. The number of nitrogens with zero attached hydrogens (tertiary/aromatic N) is 1. The topological polar surface area (TPSA) is 20.3 Å². The second-order valence-electron chi connectivity index (χ2n) is 3.29. The van der Waals surface area contributed by atoms with Gasteiger partial charge in [-0.2, -0.15) is 0 Å². The molecule has 1 fully saturated rings. The molecule has 0 N–H and O–H groups in total. The molecule has 0 radical (unpaired) electrons. The third-order valence-corrected chi connectivity index (χ3v) is 2.56. The molecular weight excluding hydrogens is 138 g/mol. The van der Waals surface area contributed by atoms with Gasteiger partial charge in [0.1, 0.15) is 0 Å². The van der Waals surface area contributed by atoms with Crippen LogP contribution in [0, 0.1) is 5.92 Å². The number of hydrogen-bond donors (Lipinski definition) is 0. The molecule has 1 aliphatic carbocycles. The molecule has 0 aromatic carbocycles. The van der Waals surface area contributed by atoms with Crippen molar-refractivity contribution in [2.24, 2.45) is 5.92 Å². The number of hydrogen-bond acceptors (Lipinski definition) is 1. The largest absolute Gasteiger partial charge is 0.335 e. The second-order valence-corrected chi connectivity index (χ2v) is 3.29. The van der Waals surface area contributed by atoms with Gasteiger partial charge in [-0.25, -0.2) is 0 Å². The molecule has 1 saturated heterocycles. The molecule has 0 aromatic heterocycles. The molecule has 2 nitrogen and oxygen atoms in total. The number of rotatable bonds is 3. The smallest absolute Gasteiger partial charge is 0.232 e. The molecule has 2 rings (SSSR count). The third-order valence-electron chi connectivity index (χ3n) is 2.56. The van der Waals surface area contributed by atoms with Crippen molar-refractivity contribution in [2.45, 2.75) is 25.8 Å². The van der Waals surface area contributed by atoms with Crippen molar-refractivity contribution in [1.82, 2.24) is 4.90 Å². The number of unbranched alkanes of at least 4 members (excludes halogenated alkanes) is 1. The van der Waals surface area contributed by atoms with Crippen molar-refractivity contribution in [2.75, 3.05) is 6.54 Å². The lowest BCUT2D eigenvalue weighted by molar-refractivity contribution is -0.151. The summed E-state index contributed by atoms with van der Waals surface area (Å²) in [7, 11) is 0. The zero-order valence-electron chi connectivity index (χ0n) is 6.79. The fourth-order valence-corrected chi connectivity index (χ4v) is 1.69. The van der Waals surface area contributed by atoms with E-state index in [1.807, 2.05) is 11.0 Å².